The third kappa shape index (κ3) is 3.82. The molecule has 2 heterocycles. The number of carbonyl (C=O) groups excluding carboxylic acids is 1. The van der Waals surface area contributed by atoms with Crippen molar-refractivity contribution in [2.24, 2.45) is 0 Å². The minimum absolute atomic E-state index is 0.267. The van der Waals surface area contributed by atoms with Gasteiger partial charge in [0.15, 0.2) is 11.3 Å². The van der Waals surface area contributed by atoms with Crippen LogP contribution in [0.1, 0.15) is 33.0 Å². The lowest BCUT2D eigenvalue weighted by Crippen LogP contribution is -2.11. The second kappa shape index (κ2) is 7.56. The molecular formula is C22H20N2O3S. The van der Waals surface area contributed by atoms with E-state index >= 15 is 0 Å². The van der Waals surface area contributed by atoms with Crippen LogP contribution in [0.4, 0.5) is 5.69 Å². The molecule has 2 aromatic carbocycles. The SMILES string of the molecule is Cc1ccc(NC(=O)c2ccc(CSc3nc4c(C)cccc4o3)o2)cc1C. The maximum atomic E-state index is 12.4. The Balaban J connectivity index is 1.41. The molecule has 5 nitrogen and oxygen atoms in total. The Morgan fingerprint density at radius 1 is 1.00 bits per heavy atom. The second-order valence-corrected chi connectivity index (χ2v) is 7.64. The first-order chi connectivity index (χ1) is 13.5. The predicted octanol–water partition coefficient (Wildman–Crippen LogP) is 5.89. The lowest BCUT2D eigenvalue weighted by Gasteiger charge is -2.06. The van der Waals surface area contributed by atoms with Gasteiger partial charge in [0.25, 0.3) is 11.1 Å². The summed E-state index contributed by atoms with van der Waals surface area (Å²) in [4.78, 5) is 16.9. The lowest BCUT2D eigenvalue weighted by molar-refractivity contribution is 0.0995. The molecule has 0 saturated carbocycles. The van der Waals surface area contributed by atoms with Crippen molar-refractivity contribution in [2.75, 3.05) is 5.32 Å². The number of nitrogens with zero attached hydrogens (tertiary/aromatic N) is 1. The summed E-state index contributed by atoms with van der Waals surface area (Å²) in [6, 6.07) is 15.2. The van der Waals surface area contributed by atoms with Crippen molar-refractivity contribution < 1.29 is 13.6 Å². The van der Waals surface area contributed by atoms with Gasteiger partial charge in [-0.15, -0.1) is 0 Å². The van der Waals surface area contributed by atoms with E-state index in [4.69, 9.17) is 8.83 Å². The van der Waals surface area contributed by atoms with Crippen molar-refractivity contribution in [3.8, 4) is 0 Å². The molecule has 0 bridgehead atoms. The molecule has 2 aromatic heterocycles. The van der Waals surface area contributed by atoms with E-state index in [-0.39, 0.29) is 11.7 Å². The van der Waals surface area contributed by atoms with E-state index in [9.17, 15) is 4.79 Å². The fourth-order valence-electron chi connectivity index (χ4n) is 2.85. The number of carbonyl (C=O) groups is 1. The molecule has 0 spiro atoms. The summed E-state index contributed by atoms with van der Waals surface area (Å²) in [6.07, 6.45) is 0. The first-order valence-corrected chi connectivity index (χ1v) is 9.94. The van der Waals surface area contributed by atoms with E-state index in [1.807, 2.05) is 57.2 Å². The van der Waals surface area contributed by atoms with Gasteiger partial charge in [-0.3, -0.25) is 4.79 Å². The molecule has 4 rings (SSSR count). The Hall–Kier alpha value is -2.99. The first-order valence-electron chi connectivity index (χ1n) is 8.96. The Kier molecular flexibility index (Phi) is 4.96. The highest BCUT2D eigenvalue weighted by Crippen LogP contribution is 2.28. The van der Waals surface area contributed by atoms with Gasteiger partial charge in [-0.1, -0.05) is 30.0 Å². The number of benzene rings is 2. The van der Waals surface area contributed by atoms with E-state index in [0.29, 0.717) is 16.7 Å². The van der Waals surface area contributed by atoms with Crippen molar-refractivity contribution in [1.82, 2.24) is 4.98 Å². The van der Waals surface area contributed by atoms with Gasteiger partial charge in [-0.2, -0.15) is 0 Å². The standard InChI is InChI=1S/C22H20N2O3S/c1-13-7-8-16(11-15(13)3)23-21(25)19-10-9-17(26-19)12-28-22-24-20-14(2)5-4-6-18(20)27-22/h4-11H,12H2,1-3H3,(H,23,25). The average Bonchev–Trinajstić information content (AvgIpc) is 3.30. The van der Waals surface area contributed by atoms with Crippen LogP contribution >= 0.6 is 11.8 Å². The zero-order valence-electron chi connectivity index (χ0n) is 15.9. The summed E-state index contributed by atoms with van der Waals surface area (Å²) < 4.78 is 11.4. The number of hydrogen-bond donors (Lipinski definition) is 1. The van der Waals surface area contributed by atoms with E-state index in [1.54, 1.807) is 12.1 Å². The molecule has 0 radical (unpaired) electrons. The van der Waals surface area contributed by atoms with E-state index in [1.165, 1.54) is 17.3 Å². The minimum atomic E-state index is -0.267. The number of furan rings is 1. The quantitative estimate of drug-likeness (QED) is 0.429. The van der Waals surface area contributed by atoms with Gasteiger partial charge in [0.1, 0.15) is 11.3 Å². The number of thioether (sulfide) groups is 1. The summed E-state index contributed by atoms with van der Waals surface area (Å²) in [5.74, 6) is 1.23. The van der Waals surface area contributed by atoms with Gasteiger partial charge in [0.2, 0.25) is 0 Å². The molecule has 0 unspecified atom stereocenters. The van der Waals surface area contributed by atoms with Crippen LogP contribution in [-0.2, 0) is 5.75 Å². The highest BCUT2D eigenvalue weighted by atomic mass is 32.2. The molecule has 0 fully saturated rings. The summed E-state index contributed by atoms with van der Waals surface area (Å²) in [6.45, 7) is 6.06. The number of nitrogens with one attached hydrogen (secondary N) is 1. The Morgan fingerprint density at radius 3 is 2.64 bits per heavy atom. The Labute approximate surface area is 167 Å². The molecule has 1 N–H and O–H groups in total. The number of oxazole rings is 1. The van der Waals surface area contributed by atoms with Gasteiger partial charge in [-0.05, 0) is 67.8 Å². The molecule has 0 aliphatic heterocycles. The summed E-state index contributed by atoms with van der Waals surface area (Å²) in [7, 11) is 0. The maximum absolute atomic E-state index is 12.4. The van der Waals surface area contributed by atoms with E-state index < -0.39 is 0 Å². The zero-order valence-corrected chi connectivity index (χ0v) is 16.7. The van der Waals surface area contributed by atoms with Gasteiger partial charge in [0, 0.05) is 5.69 Å². The van der Waals surface area contributed by atoms with Crippen LogP contribution in [0.25, 0.3) is 11.1 Å². The fourth-order valence-corrected chi connectivity index (χ4v) is 3.58. The maximum Gasteiger partial charge on any atom is 0.291 e. The summed E-state index contributed by atoms with van der Waals surface area (Å²) in [5.41, 5.74) is 5.79. The van der Waals surface area contributed by atoms with Crippen LogP contribution < -0.4 is 5.32 Å². The number of aryl methyl sites for hydroxylation is 3. The highest BCUT2D eigenvalue weighted by Gasteiger charge is 2.14. The van der Waals surface area contributed by atoms with Crippen molar-refractivity contribution >= 4 is 34.5 Å². The molecule has 28 heavy (non-hydrogen) atoms. The molecule has 6 heteroatoms. The van der Waals surface area contributed by atoms with Crippen molar-refractivity contribution in [1.29, 1.82) is 0 Å². The van der Waals surface area contributed by atoms with Crippen LogP contribution in [0, 0.1) is 20.8 Å². The number of rotatable bonds is 5. The van der Waals surface area contributed by atoms with Gasteiger partial charge < -0.3 is 14.2 Å². The number of anilines is 1. The number of fused-ring (bicyclic) bond motifs is 1. The lowest BCUT2D eigenvalue weighted by atomic mass is 10.1. The number of amides is 1. The molecule has 0 atom stereocenters. The summed E-state index contributed by atoms with van der Waals surface area (Å²) in [5, 5.41) is 3.45. The predicted molar refractivity (Wildman–Crippen MR) is 111 cm³/mol. The smallest absolute Gasteiger partial charge is 0.291 e. The van der Waals surface area contributed by atoms with Crippen LogP contribution in [-0.4, -0.2) is 10.9 Å². The molecule has 4 aromatic rings. The zero-order chi connectivity index (χ0) is 19.7. The Bertz CT molecular complexity index is 1160. The normalized spacial score (nSPS) is 11.1. The first kappa shape index (κ1) is 18.4. The van der Waals surface area contributed by atoms with Crippen LogP contribution in [0.2, 0.25) is 0 Å². The largest absolute Gasteiger partial charge is 0.455 e. The molecule has 1 amide bonds. The van der Waals surface area contributed by atoms with Crippen LogP contribution in [0.3, 0.4) is 0 Å². The van der Waals surface area contributed by atoms with Crippen molar-refractivity contribution in [2.45, 2.75) is 31.7 Å². The van der Waals surface area contributed by atoms with Crippen LogP contribution in [0.5, 0.6) is 0 Å². The van der Waals surface area contributed by atoms with E-state index in [2.05, 4.69) is 10.3 Å². The van der Waals surface area contributed by atoms with Crippen LogP contribution in [0.15, 0.2) is 62.6 Å². The third-order valence-electron chi connectivity index (χ3n) is 4.59. The van der Waals surface area contributed by atoms with Crippen molar-refractivity contribution in [3.05, 3.63) is 76.7 Å². The number of aromatic nitrogens is 1. The van der Waals surface area contributed by atoms with Gasteiger partial charge in [-0.25, -0.2) is 4.98 Å². The van der Waals surface area contributed by atoms with Gasteiger partial charge >= 0.3 is 0 Å². The monoisotopic (exact) mass is 392 g/mol. The molecule has 0 aliphatic rings. The number of para-hydroxylation sites is 1. The topological polar surface area (TPSA) is 68.3 Å². The fraction of sp³-hybridized carbons (Fsp3) is 0.182. The molecule has 0 saturated heterocycles. The molecule has 0 aliphatic carbocycles. The van der Waals surface area contributed by atoms with E-state index in [0.717, 1.165) is 27.9 Å². The average molecular weight is 392 g/mol. The number of hydrogen-bond acceptors (Lipinski definition) is 5. The van der Waals surface area contributed by atoms with Crippen molar-refractivity contribution in [3.63, 3.8) is 0 Å². The summed E-state index contributed by atoms with van der Waals surface area (Å²) >= 11 is 1.44. The highest BCUT2D eigenvalue weighted by molar-refractivity contribution is 7.98. The molecular weight excluding hydrogens is 372 g/mol. The van der Waals surface area contributed by atoms with Gasteiger partial charge in [0.05, 0.1) is 5.75 Å². The third-order valence-corrected chi connectivity index (χ3v) is 5.44. The molecule has 142 valence electrons. The Morgan fingerprint density at radius 2 is 1.86 bits per heavy atom. The second-order valence-electron chi connectivity index (χ2n) is 6.71. The minimum Gasteiger partial charge on any atom is -0.455 e.